The van der Waals surface area contributed by atoms with Crippen molar-refractivity contribution < 1.29 is 4.79 Å². The van der Waals surface area contributed by atoms with E-state index in [0.717, 1.165) is 0 Å². The van der Waals surface area contributed by atoms with Gasteiger partial charge in [-0.25, -0.2) is 10.8 Å². The van der Waals surface area contributed by atoms with Gasteiger partial charge in [0, 0.05) is 24.2 Å². The number of nitrogen functional groups attached to an aromatic ring is 1. The number of anilines is 1. The topological polar surface area (TPSA) is 83.3 Å². The molecule has 0 aromatic carbocycles. The number of aromatic nitrogens is 1. The summed E-state index contributed by atoms with van der Waals surface area (Å²) >= 11 is 5.84. The van der Waals surface area contributed by atoms with Crippen molar-refractivity contribution in [2.45, 2.75) is 31.8 Å². The van der Waals surface area contributed by atoms with Crippen molar-refractivity contribution in [3.63, 3.8) is 0 Å². The molecule has 1 aliphatic carbocycles. The fourth-order valence-corrected chi connectivity index (χ4v) is 2.24. The second kappa shape index (κ2) is 6.39. The monoisotopic (exact) mass is 297 g/mol. The molecule has 1 aromatic rings. The van der Waals surface area contributed by atoms with Crippen LogP contribution in [0.1, 0.15) is 30.1 Å². The van der Waals surface area contributed by atoms with E-state index in [1.165, 1.54) is 18.9 Å². The van der Waals surface area contributed by atoms with Crippen LogP contribution in [-0.4, -0.2) is 41.5 Å². The van der Waals surface area contributed by atoms with Crippen LogP contribution in [-0.2, 0) is 0 Å². The van der Waals surface area contributed by atoms with Crippen molar-refractivity contribution in [3.8, 4) is 0 Å². The van der Waals surface area contributed by atoms with E-state index in [2.05, 4.69) is 34.6 Å². The third kappa shape index (κ3) is 3.82. The zero-order chi connectivity index (χ0) is 14.7. The quantitative estimate of drug-likeness (QED) is 0.418. The van der Waals surface area contributed by atoms with Gasteiger partial charge in [0.1, 0.15) is 11.0 Å². The van der Waals surface area contributed by atoms with Gasteiger partial charge < -0.3 is 10.7 Å². The van der Waals surface area contributed by atoms with Crippen LogP contribution in [0, 0.1) is 0 Å². The Morgan fingerprint density at radius 3 is 2.90 bits per heavy atom. The van der Waals surface area contributed by atoms with Crippen LogP contribution < -0.4 is 16.6 Å². The number of carbonyl (C=O) groups is 1. The van der Waals surface area contributed by atoms with Gasteiger partial charge in [0.25, 0.3) is 5.91 Å². The predicted octanol–water partition coefficient (Wildman–Crippen LogP) is 1.23. The van der Waals surface area contributed by atoms with Gasteiger partial charge in [-0.1, -0.05) is 11.6 Å². The Morgan fingerprint density at radius 1 is 1.60 bits per heavy atom. The summed E-state index contributed by atoms with van der Waals surface area (Å²) in [5, 5.41) is 3.14. The summed E-state index contributed by atoms with van der Waals surface area (Å²) in [6, 6.07) is 4.06. The van der Waals surface area contributed by atoms with Gasteiger partial charge in [-0.05, 0) is 38.9 Å². The summed E-state index contributed by atoms with van der Waals surface area (Å²) in [5.74, 6) is 5.47. The summed E-state index contributed by atoms with van der Waals surface area (Å²) in [5.41, 5.74) is 2.83. The molecule has 7 heteroatoms. The van der Waals surface area contributed by atoms with Crippen molar-refractivity contribution in [3.05, 3.63) is 22.8 Å². The van der Waals surface area contributed by atoms with E-state index in [0.29, 0.717) is 30.0 Å². The summed E-state index contributed by atoms with van der Waals surface area (Å²) in [6.07, 6.45) is 2.50. The van der Waals surface area contributed by atoms with Crippen LogP contribution in [0.5, 0.6) is 0 Å². The maximum atomic E-state index is 12.1. The molecule has 1 heterocycles. The van der Waals surface area contributed by atoms with E-state index in [4.69, 9.17) is 17.4 Å². The maximum absolute atomic E-state index is 12.1. The first-order valence-corrected chi connectivity index (χ1v) is 7.03. The number of nitrogens with zero attached hydrogens (tertiary/aromatic N) is 2. The number of likely N-dealkylation sites (N-methyl/N-ethyl adjacent to an activating group) is 1. The molecule has 0 spiro atoms. The molecule has 110 valence electrons. The zero-order valence-electron chi connectivity index (χ0n) is 11.7. The standard InChI is InChI=1S/C13H20ClN5O/c1-8(19(2)10-3-4-10)7-16-13(20)9-5-11(14)17-12(6-9)18-15/h5-6,8,10H,3-4,7,15H2,1-2H3,(H,16,20)(H,17,18). The van der Waals surface area contributed by atoms with E-state index in [1.54, 1.807) is 6.07 Å². The molecule has 4 N–H and O–H groups in total. The molecule has 1 atom stereocenters. The fraction of sp³-hybridized carbons (Fsp3) is 0.538. The minimum atomic E-state index is -0.179. The van der Waals surface area contributed by atoms with Crippen molar-refractivity contribution in [1.29, 1.82) is 0 Å². The average molecular weight is 298 g/mol. The van der Waals surface area contributed by atoms with E-state index in [-0.39, 0.29) is 11.1 Å². The van der Waals surface area contributed by atoms with Gasteiger partial charge in [-0.2, -0.15) is 0 Å². The number of hydrazine groups is 1. The Morgan fingerprint density at radius 2 is 2.30 bits per heavy atom. The summed E-state index contributed by atoms with van der Waals surface area (Å²) < 4.78 is 0. The van der Waals surface area contributed by atoms with Crippen molar-refractivity contribution in [2.24, 2.45) is 5.84 Å². The highest BCUT2D eigenvalue weighted by molar-refractivity contribution is 6.29. The molecule has 0 saturated heterocycles. The Labute approximate surface area is 123 Å². The lowest BCUT2D eigenvalue weighted by molar-refractivity contribution is 0.0939. The van der Waals surface area contributed by atoms with E-state index >= 15 is 0 Å². The Kier molecular flexibility index (Phi) is 4.80. The number of amides is 1. The van der Waals surface area contributed by atoms with Crippen LogP contribution in [0.3, 0.4) is 0 Å². The van der Waals surface area contributed by atoms with E-state index < -0.39 is 0 Å². The molecule has 1 aliphatic rings. The normalized spacial score (nSPS) is 16.1. The smallest absolute Gasteiger partial charge is 0.251 e. The Bertz CT molecular complexity index is 492. The number of carbonyl (C=O) groups excluding carboxylic acids is 1. The summed E-state index contributed by atoms with van der Waals surface area (Å²) in [6.45, 7) is 2.70. The van der Waals surface area contributed by atoms with Gasteiger partial charge in [0.2, 0.25) is 0 Å². The van der Waals surface area contributed by atoms with Crippen molar-refractivity contribution in [1.82, 2.24) is 15.2 Å². The molecule has 1 fully saturated rings. The van der Waals surface area contributed by atoms with Crippen LogP contribution >= 0.6 is 11.6 Å². The van der Waals surface area contributed by atoms with Crippen LogP contribution in [0.15, 0.2) is 12.1 Å². The SMILES string of the molecule is CC(CNC(=O)c1cc(Cl)nc(NN)c1)N(C)C1CC1. The highest BCUT2D eigenvalue weighted by Crippen LogP contribution is 2.26. The molecule has 1 saturated carbocycles. The summed E-state index contributed by atoms with van der Waals surface area (Å²) in [7, 11) is 2.09. The van der Waals surface area contributed by atoms with Gasteiger partial charge in [0.05, 0.1) is 0 Å². The largest absolute Gasteiger partial charge is 0.350 e. The number of nitrogens with one attached hydrogen (secondary N) is 2. The fourth-order valence-electron chi connectivity index (χ4n) is 2.03. The number of hydrogen-bond donors (Lipinski definition) is 3. The summed E-state index contributed by atoms with van der Waals surface area (Å²) in [4.78, 5) is 18.3. The van der Waals surface area contributed by atoms with Gasteiger partial charge in [-0.3, -0.25) is 9.69 Å². The maximum Gasteiger partial charge on any atom is 0.251 e. The molecule has 1 aromatic heterocycles. The van der Waals surface area contributed by atoms with Crippen molar-refractivity contribution >= 4 is 23.3 Å². The van der Waals surface area contributed by atoms with E-state index in [1.807, 2.05) is 0 Å². The lowest BCUT2D eigenvalue weighted by Crippen LogP contribution is -2.41. The molecular formula is C13H20ClN5O. The van der Waals surface area contributed by atoms with E-state index in [9.17, 15) is 4.79 Å². The molecule has 0 aliphatic heterocycles. The second-order valence-electron chi connectivity index (χ2n) is 5.16. The highest BCUT2D eigenvalue weighted by atomic mass is 35.5. The lowest BCUT2D eigenvalue weighted by Gasteiger charge is -2.24. The molecular weight excluding hydrogens is 278 g/mol. The van der Waals surface area contributed by atoms with Gasteiger partial charge in [0.15, 0.2) is 0 Å². The first-order chi connectivity index (χ1) is 9.51. The third-order valence-corrected chi connectivity index (χ3v) is 3.77. The number of pyridine rings is 1. The van der Waals surface area contributed by atoms with Crippen LogP contribution in [0.4, 0.5) is 5.82 Å². The van der Waals surface area contributed by atoms with Crippen molar-refractivity contribution in [2.75, 3.05) is 19.0 Å². The predicted molar refractivity (Wildman–Crippen MR) is 79.6 cm³/mol. The number of rotatable bonds is 6. The molecule has 0 radical (unpaired) electrons. The van der Waals surface area contributed by atoms with Gasteiger partial charge in [-0.15, -0.1) is 0 Å². The lowest BCUT2D eigenvalue weighted by atomic mass is 10.2. The molecule has 1 amide bonds. The molecule has 6 nitrogen and oxygen atoms in total. The Hall–Kier alpha value is -1.37. The minimum Gasteiger partial charge on any atom is -0.350 e. The first kappa shape index (κ1) is 15.0. The van der Waals surface area contributed by atoms with Crippen LogP contribution in [0.2, 0.25) is 5.15 Å². The third-order valence-electron chi connectivity index (χ3n) is 3.58. The Balaban J connectivity index is 1.92. The van der Waals surface area contributed by atoms with Gasteiger partial charge >= 0.3 is 0 Å². The molecule has 20 heavy (non-hydrogen) atoms. The molecule has 0 bridgehead atoms. The minimum absolute atomic E-state index is 0.179. The number of hydrogen-bond acceptors (Lipinski definition) is 5. The zero-order valence-corrected chi connectivity index (χ0v) is 12.4. The molecule has 1 unspecified atom stereocenters. The average Bonchev–Trinajstić information content (AvgIpc) is 3.27. The number of nitrogens with two attached hydrogens (primary N) is 1. The first-order valence-electron chi connectivity index (χ1n) is 6.65. The highest BCUT2D eigenvalue weighted by Gasteiger charge is 2.29. The molecule has 2 rings (SSSR count). The number of halogens is 1. The van der Waals surface area contributed by atoms with Crippen LogP contribution in [0.25, 0.3) is 0 Å². The second-order valence-corrected chi connectivity index (χ2v) is 5.55.